The van der Waals surface area contributed by atoms with Gasteiger partial charge in [0.25, 0.3) is 0 Å². The molecule has 0 spiro atoms. The summed E-state index contributed by atoms with van der Waals surface area (Å²) in [5.74, 6) is 0. The van der Waals surface area contributed by atoms with E-state index in [-0.39, 0.29) is 18.7 Å². The fourth-order valence-corrected chi connectivity index (χ4v) is 2.21. The van der Waals surface area contributed by atoms with Crippen LogP contribution in [0.4, 0.5) is 4.79 Å². The molecule has 1 fully saturated rings. The van der Waals surface area contributed by atoms with E-state index in [2.05, 4.69) is 5.32 Å². The van der Waals surface area contributed by atoms with E-state index in [1.807, 2.05) is 29.1 Å². The number of amides is 2. The number of nitrogens with zero attached hydrogens (tertiary/aromatic N) is 2. The molecule has 0 radical (unpaired) electrons. The second kappa shape index (κ2) is 5.72. The molecular formula is C12H19N3O2. The zero-order valence-electron chi connectivity index (χ0n) is 9.88. The summed E-state index contributed by atoms with van der Waals surface area (Å²) >= 11 is 0. The number of likely N-dealkylation sites (tertiary alicyclic amines) is 1. The van der Waals surface area contributed by atoms with E-state index in [9.17, 15) is 4.79 Å². The lowest BCUT2D eigenvalue weighted by Crippen LogP contribution is -2.44. The Bertz CT molecular complexity index is 351. The highest BCUT2D eigenvalue weighted by atomic mass is 16.3. The first kappa shape index (κ1) is 12.0. The maximum atomic E-state index is 11.8. The maximum Gasteiger partial charge on any atom is 0.317 e. The van der Waals surface area contributed by atoms with Gasteiger partial charge in [0.1, 0.15) is 0 Å². The molecule has 1 saturated heterocycles. The minimum Gasteiger partial charge on any atom is -0.394 e. The molecule has 1 aromatic rings. The molecule has 2 N–H and O–H groups in total. The predicted octanol–water partition coefficient (Wildman–Crippen LogP) is 0.654. The summed E-state index contributed by atoms with van der Waals surface area (Å²) in [6, 6.07) is 3.86. The lowest BCUT2D eigenvalue weighted by atomic mass is 10.2. The Balaban J connectivity index is 1.73. The van der Waals surface area contributed by atoms with E-state index in [1.54, 1.807) is 4.90 Å². The van der Waals surface area contributed by atoms with Gasteiger partial charge in [0.15, 0.2) is 0 Å². The first-order valence-electron chi connectivity index (χ1n) is 6.07. The number of hydrogen-bond donors (Lipinski definition) is 2. The van der Waals surface area contributed by atoms with Crippen LogP contribution in [-0.4, -0.2) is 46.3 Å². The summed E-state index contributed by atoms with van der Waals surface area (Å²) in [5, 5.41) is 12.0. The number of urea groups is 1. The summed E-state index contributed by atoms with van der Waals surface area (Å²) < 4.78 is 2.02. The number of carbonyl (C=O) groups is 1. The molecule has 0 bridgehead atoms. The fourth-order valence-electron chi connectivity index (χ4n) is 2.21. The highest BCUT2D eigenvalue weighted by Gasteiger charge is 2.27. The van der Waals surface area contributed by atoms with Crippen LogP contribution in [0.2, 0.25) is 0 Å². The Morgan fingerprint density at radius 1 is 1.41 bits per heavy atom. The van der Waals surface area contributed by atoms with Crippen molar-refractivity contribution in [3.8, 4) is 0 Å². The molecule has 2 rings (SSSR count). The van der Waals surface area contributed by atoms with Crippen molar-refractivity contribution in [1.29, 1.82) is 0 Å². The van der Waals surface area contributed by atoms with Crippen LogP contribution >= 0.6 is 0 Å². The third-order valence-corrected chi connectivity index (χ3v) is 3.16. The molecule has 17 heavy (non-hydrogen) atoms. The Morgan fingerprint density at radius 2 is 2.18 bits per heavy atom. The van der Waals surface area contributed by atoms with Crippen LogP contribution in [0.15, 0.2) is 24.5 Å². The van der Waals surface area contributed by atoms with Crippen LogP contribution in [0.3, 0.4) is 0 Å². The Labute approximate surface area is 101 Å². The van der Waals surface area contributed by atoms with Gasteiger partial charge in [-0.25, -0.2) is 4.79 Å². The molecule has 0 aromatic carbocycles. The molecule has 2 amide bonds. The molecule has 1 aliphatic heterocycles. The second-order valence-corrected chi connectivity index (χ2v) is 4.32. The molecule has 1 aliphatic rings. The van der Waals surface area contributed by atoms with Crippen LogP contribution in [0.5, 0.6) is 0 Å². The number of aromatic nitrogens is 1. The monoisotopic (exact) mass is 237 g/mol. The van der Waals surface area contributed by atoms with Crippen molar-refractivity contribution in [1.82, 2.24) is 14.8 Å². The van der Waals surface area contributed by atoms with Gasteiger partial charge in [-0.05, 0) is 25.0 Å². The SMILES string of the molecule is O=C(NCCn1cccc1)N1CCCC1CO. The molecular weight excluding hydrogens is 218 g/mol. The summed E-state index contributed by atoms with van der Waals surface area (Å²) in [7, 11) is 0. The van der Waals surface area contributed by atoms with E-state index in [0.29, 0.717) is 6.54 Å². The topological polar surface area (TPSA) is 57.5 Å². The molecule has 0 saturated carbocycles. The third-order valence-electron chi connectivity index (χ3n) is 3.16. The van der Waals surface area contributed by atoms with Crippen LogP contribution < -0.4 is 5.32 Å². The van der Waals surface area contributed by atoms with Crippen LogP contribution in [0.1, 0.15) is 12.8 Å². The summed E-state index contributed by atoms with van der Waals surface area (Å²) in [4.78, 5) is 13.6. The third kappa shape index (κ3) is 3.00. The molecule has 94 valence electrons. The van der Waals surface area contributed by atoms with Gasteiger partial charge in [-0.2, -0.15) is 0 Å². The van der Waals surface area contributed by atoms with Crippen molar-refractivity contribution in [2.45, 2.75) is 25.4 Å². The van der Waals surface area contributed by atoms with Crippen molar-refractivity contribution in [2.24, 2.45) is 0 Å². The van der Waals surface area contributed by atoms with E-state index in [4.69, 9.17) is 5.11 Å². The predicted molar refractivity (Wildman–Crippen MR) is 64.6 cm³/mol. The average molecular weight is 237 g/mol. The number of nitrogens with one attached hydrogen (secondary N) is 1. The summed E-state index contributed by atoms with van der Waals surface area (Å²) in [5.41, 5.74) is 0. The van der Waals surface area contributed by atoms with Crippen LogP contribution in [-0.2, 0) is 6.54 Å². The molecule has 1 unspecified atom stereocenters. The van der Waals surface area contributed by atoms with Gasteiger partial charge in [-0.3, -0.25) is 0 Å². The number of aliphatic hydroxyl groups is 1. The Hall–Kier alpha value is -1.49. The average Bonchev–Trinajstić information content (AvgIpc) is 2.99. The highest BCUT2D eigenvalue weighted by Crippen LogP contribution is 2.16. The summed E-state index contributed by atoms with van der Waals surface area (Å²) in [6.07, 6.45) is 5.83. The normalized spacial score (nSPS) is 19.6. The zero-order chi connectivity index (χ0) is 12.1. The van der Waals surface area contributed by atoms with Crippen molar-refractivity contribution < 1.29 is 9.90 Å². The zero-order valence-corrected chi connectivity index (χ0v) is 9.88. The molecule has 0 aliphatic carbocycles. The summed E-state index contributed by atoms with van der Waals surface area (Å²) in [6.45, 7) is 2.20. The minimum absolute atomic E-state index is 0.00146. The maximum absolute atomic E-state index is 11.8. The number of rotatable bonds is 4. The molecule has 2 heterocycles. The van der Waals surface area contributed by atoms with Crippen molar-refractivity contribution >= 4 is 6.03 Å². The lowest BCUT2D eigenvalue weighted by Gasteiger charge is -2.23. The first-order valence-corrected chi connectivity index (χ1v) is 6.07. The Morgan fingerprint density at radius 3 is 2.88 bits per heavy atom. The lowest BCUT2D eigenvalue weighted by molar-refractivity contribution is 0.157. The van der Waals surface area contributed by atoms with Crippen molar-refractivity contribution in [3.63, 3.8) is 0 Å². The van der Waals surface area contributed by atoms with Gasteiger partial charge < -0.3 is 19.9 Å². The van der Waals surface area contributed by atoms with Gasteiger partial charge in [-0.15, -0.1) is 0 Å². The first-order chi connectivity index (χ1) is 8.31. The van der Waals surface area contributed by atoms with E-state index >= 15 is 0 Å². The number of hydrogen-bond acceptors (Lipinski definition) is 2. The second-order valence-electron chi connectivity index (χ2n) is 4.32. The highest BCUT2D eigenvalue weighted by molar-refractivity contribution is 5.74. The molecule has 1 atom stereocenters. The van der Waals surface area contributed by atoms with E-state index < -0.39 is 0 Å². The van der Waals surface area contributed by atoms with Crippen LogP contribution in [0.25, 0.3) is 0 Å². The standard InChI is InChI=1S/C12H19N3O2/c16-10-11-4-3-8-15(11)12(17)13-5-9-14-6-1-2-7-14/h1-2,6-7,11,16H,3-5,8-10H2,(H,13,17). The van der Waals surface area contributed by atoms with E-state index in [1.165, 1.54) is 0 Å². The van der Waals surface area contributed by atoms with E-state index in [0.717, 1.165) is 25.9 Å². The quantitative estimate of drug-likeness (QED) is 0.808. The molecule has 5 nitrogen and oxygen atoms in total. The van der Waals surface area contributed by atoms with Crippen molar-refractivity contribution in [2.75, 3.05) is 19.7 Å². The van der Waals surface area contributed by atoms with Gasteiger partial charge in [0, 0.05) is 32.0 Å². The van der Waals surface area contributed by atoms with Gasteiger partial charge >= 0.3 is 6.03 Å². The van der Waals surface area contributed by atoms with Gasteiger partial charge in [0.05, 0.1) is 12.6 Å². The minimum atomic E-state index is -0.0614. The molecule has 5 heteroatoms. The smallest absolute Gasteiger partial charge is 0.317 e. The van der Waals surface area contributed by atoms with Gasteiger partial charge in [-0.1, -0.05) is 0 Å². The largest absolute Gasteiger partial charge is 0.394 e. The molecule has 1 aromatic heterocycles. The number of carbonyl (C=O) groups excluding carboxylic acids is 1. The fraction of sp³-hybridized carbons (Fsp3) is 0.583. The Kier molecular flexibility index (Phi) is 4.03. The van der Waals surface area contributed by atoms with Gasteiger partial charge in [0.2, 0.25) is 0 Å². The van der Waals surface area contributed by atoms with Crippen LogP contribution in [0, 0.1) is 0 Å². The van der Waals surface area contributed by atoms with Crippen molar-refractivity contribution in [3.05, 3.63) is 24.5 Å². The number of aliphatic hydroxyl groups excluding tert-OH is 1.